The first-order valence-corrected chi connectivity index (χ1v) is 5.92. The first-order valence-electron chi connectivity index (χ1n) is 5.92. The number of hydrogen-bond donors (Lipinski definition) is 1. The van der Waals surface area contributed by atoms with E-state index in [2.05, 4.69) is 16.0 Å². The number of nitrogens with zero attached hydrogens (tertiary/aromatic N) is 3. The van der Waals surface area contributed by atoms with Crippen molar-refractivity contribution in [1.82, 2.24) is 9.88 Å². The van der Waals surface area contributed by atoms with E-state index in [1.54, 1.807) is 6.20 Å². The lowest BCUT2D eigenvalue weighted by Gasteiger charge is -2.23. The van der Waals surface area contributed by atoms with E-state index in [1.807, 2.05) is 25.3 Å². The SMILES string of the molecule is CCC(O)CN(CCC#N)Cc1cccnc1. The lowest BCUT2D eigenvalue weighted by molar-refractivity contribution is 0.106. The van der Waals surface area contributed by atoms with Crippen LogP contribution < -0.4 is 0 Å². The third-order valence-electron chi connectivity index (χ3n) is 2.61. The van der Waals surface area contributed by atoms with Gasteiger partial charge >= 0.3 is 0 Å². The molecule has 0 saturated heterocycles. The molecule has 0 aromatic carbocycles. The first kappa shape index (κ1) is 13.6. The molecular formula is C13H19N3O. The minimum Gasteiger partial charge on any atom is -0.392 e. The first-order chi connectivity index (χ1) is 8.26. The lowest BCUT2D eigenvalue weighted by Crippen LogP contribution is -2.32. The van der Waals surface area contributed by atoms with Gasteiger partial charge in [0.05, 0.1) is 12.2 Å². The summed E-state index contributed by atoms with van der Waals surface area (Å²) >= 11 is 0. The standard InChI is InChI=1S/C13H19N3O/c1-2-13(17)11-16(8-4-6-14)10-12-5-3-7-15-9-12/h3,5,7,9,13,17H,2,4,8,10-11H2,1H3. The molecule has 0 spiro atoms. The highest BCUT2D eigenvalue weighted by molar-refractivity contribution is 5.08. The molecule has 0 bridgehead atoms. The third kappa shape index (κ3) is 5.43. The summed E-state index contributed by atoms with van der Waals surface area (Å²) in [6.45, 7) is 3.97. The molecule has 4 heteroatoms. The Morgan fingerprint density at radius 2 is 2.41 bits per heavy atom. The molecule has 92 valence electrons. The van der Waals surface area contributed by atoms with E-state index in [9.17, 15) is 5.11 Å². The summed E-state index contributed by atoms with van der Waals surface area (Å²) in [6.07, 6.45) is 4.44. The molecule has 0 aliphatic heterocycles. The van der Waals surface area contributed by atoms with Crippen LogP contribution in [-0.2, 0) is 6.54 Å². The van der Waals surface area contributed by atoms with Crippen LogP contribution in [0.1, 0.15) is 25.3 Å². The smallest absolute Gasteiger partial charge is 0.0664 e. The van der Waals surface area contributed by atoms with E-state index in [0.717, 1.165) is 18.5 Å². The van der Waals surface area contributed by atoms with Gasteiger partial charge in [-0.2, -0.15) is 5.26 Å². The quantitative estimate of drug-likeness (QED) is 0.776. The Kier molecular flexibility index (Phi) is 6.23. The van der Waals surface area contributed by atoms with Crippen LogP contribution in [0, 0.1) is 11.3 Å². The molecule has 0 saturated carbocycles. The van der Waals surface area contributed by atoms with Crippen molar-refractivity contribution in [3.63, 3.8) is 0 Å². The summed E-state index contributed by atoms with van der Waals surface area (Å²) in [5.41, 5.74) is 1.11. The van der Waals surface area contributed by atoms with Gasteiger partial charge in [-0.15, -0.1) is 0 Å². The number of pyridine rings is 1. The summed E-state index contributed by atoms with van der Waals surface area (Å²) in [5, 5.41) is 18.3. The summed E-state index contributed by atoms with van der Waals surface area (Å²) < 4.78 is 0. The second-order valence-electron chi connectivity index (χ2n) is 4.07. The number of rotatable bonds is 7. The Morgan fingerprint density at radius 3 is 3.00 bits per heavy atom. The van der Waals surface area contributed by atoms with Gasteiger partial charge in [0, 0.05) is 38.4 Å². The van der Waals surface area contributed by atoms with Gasteiger partial charge in [0.2, 0.25) is 0 Å². The molecule has 1 N–H and O–H groups in total. The Bertz CT molecular complexity index is 347. The summed E-state index contributed by atoms with van der Waals surface area (Å²) in [6, 6.07) is 6.04. The average Bonchev–Trinajstić information content (AvgIpc) is 2.37. The van der Waals surface area contributed by atoms with Crippen molar-refractivity contribution in [3.05, 3.63) is 30.1 Å². The number of aliphatic hydroxyl groups excluding tert-OH is 1. The van der Waals surface area contributed by atoms with Gasteiger partial charge in [0.15, 0.2) is 0 Å². The fourth-order valence-electron chi connectivity index (χ4n) is 1.62. The van der Waals surface area contributed by atoms with Crippen molar-refractivity contribution in [3.8, 4) is 6.07 Å². The Balaban J connectivity index is 2.54. The highest BCUT2D eigenvalue weighted by Crippen LogP contribution is 2.05. The highest BCUT2D eigenvalue weighted by Gasteiger charge is 2.10. The van der Waals surface area contributed by atoms with Gasteiger partial charge in [-0.1, -0.05) is 13.0 Å². The predicted octanol–water partition coefficient (Wildman–Crippen LogP) is 1.57. The number of nitriles is 1. The van der Waals surface area contributed by atoms with Crippen molar-refractivity contribution in [2.75, 3.05) is 13.1 Å². The zero-order chi connectivity index (χ0) is 12.5. The van der Waals surface area contributed by atoms with Crippen molar-refractivity contribution in [1.29, 1.82) is 5.26 Å². The summed E-state index contributed by atoms with van der Waals surface area (Å²) in [4.78, 5) is 6.15. The minimum atomic E-state index is -0.328. The molecule has 1 unspecified atom stereocenters. The fourth-order valence-corrected chi connectivity index (χ4v) is 1.62. The molecule has 0 aliphatic rings. The Labute approximate surface area is 103 Å². The Hall–Kier alpha value is -1.44. The van der Waals surface area contributed by atoms with Gasteiger partial charge in [0.25, 0.3) is 0 Å². The predicted molar refractivity (Wildman–Crippen MR) is 66.0 cm³/mol. The number of aromatic nitrogens is 1. The third-order valence-corrected chi connectivity index (χ3v) is 2.61. The topological polar surface area (TPSA) is 60.1 Å². The van der Waals surface area contributed by atoms with Crippen LogP contribution in [0.25, 0.3) is 0 Å². The second-order valence-corrected chi connectivity index (χ2v) is 4.07. The van der Waals surface area contributed by atoms with Crippen LogP contribution in [0.4, 0.5) is 0 Å². The Morgan fingerprint density at radius 1 is 1.59 bits per heavy atom. The van der Waals surface area contributed by atoms with Crippen molar-refractivity contribution < 1.29 is 5.11 Å². The highest BCUT2D eigenvalue weighted by atomic mass is 16.3. The summed E-state index contributed by atoms with van der Waals surface area (Å²) in [5.74, 6) is 0. The molecular weight excluding hydrogens is 214 g/mol. The van der Waals surface area contributed by atoms with Crippen LogP contribution in [0.3, 0.4) is 0 Å². The van der Waals surface area contributed by atoms with Crippen LogP contribution in [0.2, 0.25) is 0 Å². The van der Waals surface area contributed by atoms with Gasteiger partial charge < -0.3 is 5.11 Å². The molecule has 1 aromatic rings. The normalized spacial score (nSPS) is 12.4. The van der Waals surface area contributed by atoms with Crippen LogP contribution in [-0.4, -0.2) is 34.2 Å². The van der Waals surface area contributed by atoms with Gasteiger partial charge in [-0.3, -0.25) is 9.88 Å². The van der Waals surface area contributed by atoms with E-state index in [1.165, 1.54) is 0 Å². The molecule has 1 heterocycles. The van der Waals surface area contributed by atoms with E-state index >= 15 is 0 Å². The molecule has 1 aromatic heterocycles. The van der Waals surface area contributed by atoms with Crippen LogP contribution in [0.15, 0.2) is 24.5 Å². The molecule has 4 nitrogen and oxygen atoms in total. The van der Waals surface area contributed by atoms with E-state index in [4.69, 9.17) is 5.26 Å². The molecule has 1 atom stereocenters. The monoisotopic (exact) mass is 233 g/mol. The summed E-state index contributed by atoms with van der Waals surface area (Å²) in [7, 11) is 0. The van der Waals surface area contributed by atoms with E-state index in [-0.39, 0.29) is 6.10 Å². The average molecular weight is 233 g/mol. The van der Waals surface area contributed by atoms with E-state index in [0.29, 0.717) is 19.5 Å². The van der Waals surface area contributed by atoms with Crippen molar-refractivity contribution >= 4 is 0 Å². The maximum absolute atomic E-state index is 9.67. The molecule has 0 fully saturated rings. The molecule has 17 heavy (non-hydrogen) atoms. The fraction of sp³-hybridized carbons (Fsp3) is 0.538. The van der Waals surface area contributed by atoms with E-state index < -0.39 is 0 Å². The van der Waals surface area contributed by atoms with Crippen LogP contribution in [0.5, 0.6) is 0 Å². The maximum Gasteiger partial charge on any atom is 0.0664 e. The minimum absolute atomic E-state index is 0.328. The molecule has 0 amide bonds. The maximum atomic E-state index is 9.67. The molecule has 0 aliphatic carbocycles. The lowest BCUT2D eigenvalue weighted by atomic mass is 10.2. The van der Waals surface area contributed by atoms with Crippen LogP contribution >= 0.6 is 0 Å². The molecule has 1 rings (SSSR count). The number of hydrogen-bond acceptors (Lipinski definition) is 4. The number of aliphatic hydroxyl groups is 1. The zero-order valence-electron chi connectivity index (χ0n) is 10.2. The second kappa shape index (κ2) is 7.77. The van der Waals surface area contributed by atoms with Crippen molar-refractivity contribution in [2.45, 2.75) is 32.4 Å². The van der Waals surface area contributed by atoms with Gasteiger partial charge in [0.1, 0.15) is 0 Å². The van der Waals surface area contributed by atoms with Gasteiger partial charge in [-0.05, 0) is 18.1 Å². The largest absolute Gasteiger partial charge is 0.392 e. The van der Waals surface area contributed by atoms with Crippen molar-refractivity contribution in [2.24, 2.45) is 0 Å². The van der Waals surface area contributed by atoms with Gasteiger partial charge in [-0.25, -0.2) is 0 Å². The zero-order valence-corrected chi connectivity index (χ0v) is 10.2. The molecule has 0 radical (unpaired) electrons.